The van der Waals surface area contributed by atoms with E-state index in [1.807, 2.05) is 12.1 Å². The molecule has 0 spiro atoms. The van der Waals surface area contributed by atoms with Gasteiger partial charge in [-0.1, -0.05) is 16.8 Å². The van der Waals surface area contributed by atoms with Crippen LogP contribution in [0.4, 0.5) is 0 Å². The summed E-state index contributed by atoms with van der Waals surface area (Å²) < 4.78 is 44.5. The molecule has 0 bridgehead atoms. The third-order valence-corrected chi connectivity index (χ3v) is 7.54. The second-order valence-electron chi connectivity index (χ2n) is 7.47. The molecular weight excluding hydrogens is 442 g/mol. The predicted octanol–water partition coefficient (Wildman–Crippen LogP) is 3.73. The van der Waals surface area contributed by atoms with Crippen LogP contribution in [0.15, 0.2) is 51.9 Å². The Morgan fingerprint density at radius 1 is 1.03 bits per heavy atom. The van der Waals surface area contributed by atoms with Gasteiger partial charge in [-0.25, -0.2) is 8.42 Å². The van der Waals surface area contributed by atoms with Crippen molar-refractivity contribution < 1.29 is 22.4 Å². The van der Waals surface area contributed by atoms with Gasteiger partial charge in [-0.15, -0.1) is 0 Å². The molecule has 0 unspecified atom stereocenters. The number of sulfonamides is 1. The largest absolute Gasteiger partial charge is 0.486 e. The zero-order valence-electron chi connectivity index (χ0n) is 16.5. The number of rotatable bonds is 4. The van der Waals surface area contributed by atoms with E-state index in [0.29, 0.717) is 54.4 Å². The topological polar surface area (TPSA) is 94.8 Å². The minimum absolute atomic E-state index is 0.172. The van der Waals surface area contributed by atoms with Crippen LogP contribution in [0.3, 0.4) is 0 Å². The van der Waals surface area contributed by atoms with E-state index in [1.54, 1.807) is 24.3 Å². The summed E-state index contributed by atoms with van der Waals surface area (Å²) >= 11 is 5.93. The molecule has 1 saturated heterocycles. The fourth-order valence-electron chi connectivity index (χ4n) is 3.81. The molecule has 162 valence electrons. The Kier molecular flexibility index (Phi) is 5.33. The molecule has 1 fully saturated rings. The Bertz CT molecular complexity index is 1200. The quantitative estimate of drug-likeness (QED) is 0.584. The molecule has 31 heavy (non-hydrogen) atoms. The lowest BCUT2D eigenvalue weighted by Crippen LogP contribution is -2.39. The van der Waals surface area contributed by atoms with Gasteiger partial charge in [0.25, 0.3) is 0 Å². The van der Waals surface area contributed by atoms with Crippen molar-refractivity contribution in [3.63, 3.8) is 0 Å². The number of piperidine rings is 1. The van der Waals surface area contributed by atoms with Gasteiger partial charge in [-0.05, 0) is 49.2 Å². The van der Waals surface area contributed by atoms with Crippen molar-refractivity contribution in [2.45, 2.75) is 23.7 Å². The molecule has 8 nitrogen and oxygen atoms in total. The van der Waals surface area contributed by atoms with Gasteiger partial charge in [-0.2, -0.15) is 9.29 Å². The van der Waals surface area contributed by atoms with Gasteiger partial charge in [-0.3, -0.25) is 0 Å². The first-order valence-corrected chi connectivity index (χ1v) is 11.8. The van der Waals surface area contributed by atoms with Crippen molar-refractivity contribution in [3.05, 3.63) is 53.4 Å². The van der Waals surface area contributed by atoms with Crippen LogP contribution in [0.2, 0.25) is 5.02 Å². The lowest BCUT2D eigenvalue weighted by molar-refractivity contribution is 0.171. The summed E-state index contributed by atoms with van der Waals surface area (Å²) in [5.74, 6) is 1.73. The minimum Gasteiger partial charge on any atom is -0.486 e. The van der Waals surface area contributed by atoms with Crippen molar-refractivity contribution in [2.24, 2.45) is 0 Å². The van der Waals surface area contributed by atoms with Gasteiger partial charge in [0.1, 0.15) is 13.2 Å². The Hall–Kier alpha value is -2.62. The molecule has 0 radical (unpaired) electrons. The maximum Gasteiger partial charge on any atom is 0.243 e. The van der Waals surface area contributed by atoms with E-state index in [4.69, 9.17) is 25.6 Å². The number of hydrogen-bond donors (Lipinski definition) is 0. The maximum atomic E-state index is 13.3. The highest BCUT2D eigenvalue weighted by Gasteiger charge is 2.34. The van der Waals surface area contributed by atoms with Crippen molar-refractivity contribution >= 4 is 21.6 Å². The Morgan fingerprint density at radius 3 is 2.61 bits per heavy atom. The van der Waals surface area contributed by atoms with Crippen LogP contribution in [0.1, 0.15) is 24.7 Å². The molecule has 5 rings (SSSR count). The lowest BCUT2D eigenvalue weighted by Gasteiger charge is -2.30. The number of benzene rings is 2. The van der Waals surface area contributed by atoms with Crippen molar-refractivity contribution in [3.8, 4) is 22.9 Å². The monoisotopic (exact) mass is 461 g/mol. The van der Waals surface area contributed by atoms with Crippen LogP contribution in [0, 0.1) is 0 Å². The number of hydrogen-bond acceptors (Lipinski definition) is 7. The van der Waals surface area contributed by atoms with Crippen LogP contribution >= 0.6 is 11.6 Å². The first-order chi connectivity index (χ1) is 15.0. The predicted molar refractivity (Wildman–Crippen MR) is 113 cm³/mol. The van der Waals surface area contributed by atoms with E-state index in [1.165, 1.54) is 10.4 Å². The zero-order valence-corrected chi connectivity index (χ0v) is 18.1. The number of nitrogens with zero attached hydrogens (tertiary/aromatic N) is 3. The molecule has 2 aromatic carbocycles. The molecule has 1 aromatic heterocycles. The van der Waals surface area contributed by atoms with Crippen LogP contribution in [0.5, 0.6) is 11.5 Å². The standard InChI is InChI=1S/C21H20ClN3O5S/c22-16-5-3-14(4-6-16)20-23-21(30-24-20)15-2-1-9-25(13-15)31(26,27)17-7-8-18-19(12-17)29-11-10-28-18/h3-8,12,15H,1-2,9-11,13H2/t15-/m0/s1. The van der Waals surface area contributed by atoms with Gasteiger partial charge in [0.05, 0.1) is 10.8 Å². The number of ether oxygens (including phenoxy) is 2. The van der Waals surface area contributed by atoms with E-state index in [-0.39, 0.29) is 17.4 Å². The summed E-state index contributed by atoms with van der Waals surface area (Å²) in [7, 11) is -3.69. The smallest absolute Gasteiger partial charge is 0.243 e. The molecule has 0 amide bonds. The van der Waals surface area contributed by atoms with Gasteiger partial charge in [0.2, 0.25) is 21.7 Å². The summed E-state index contributed by atoms with van der Waals surface area (Å²) in [5, 5.41) is 4.68. The second kappa shape index (κ2) is 8.14. The normalized spacial score (nSPS) is 19.3. The molecule has 2 aliphatic heterocycles. The number of aromatic nitrogens is 2. The fourth-order valence-corrected chi connectivity index (χ4v) is 5.48. The highest BCUT2D eigenvalue weighted by atomic mass is 35.5. The van der Waals surface area contributed by atoms with Crippen LogP contribution in [-0.2, 0) is 10.0 Å². The second-order valence-corrected chi connectivity index (χ2v) is 9.85. The SMILES string of the molecule is O=S(=O)(c1ccc2c(c1)OCCO2)N1CCC[C@H](c2nc(-c3ccc(Cl)cc3)no2)C1. The number of halogens is 1. The molecule has 2 aliphatic rings. The third-order valence-electron chi connectivity index (χ3n) is 5.43. The summed E-state index contributed by atoms with van der Waals surface area (Å²) in [4.78, 5) is 4.69. The Labute approximate surface area is 184 Å². The molecular formula is C21H20ClN3O5S. The average molecular weight is 462 g/mol. The average Bonchev–Trinajstić information content (AvgIpc) is 3.30. The van der Waals surface area contributed by atoms with Crippen LogP contribution < -0.4 is 9.47 Å². The maximum absolute atomic E-state index is 13.3. The van der Waals surface area contributed by atoms with Gasteiger partial charge < -0.3 is 14.0 Å². The van der Waals surface area contributed by atoms with E-state index in [0.717, 1.165) is 12.0 Å². The highest BCUT2D eigenvalue weighted by molar-refractivity contribution is 7.89. The zero-order chi connectivity index (χ0) is 21.4. The van der Waals surface area contributed by atoms with E-state index >= 15 is 0 Å². The van der Waals surface area contributed by atoms with E-state index in [2.05, 4.69) is 10.1 Å². The van der Waals surface area contributed by atoms with Crippen molar-refractivity contribution in [1.82, 2.24) is 14.4 Å². The van der Waals surface area contributed by atoms with Gasteiger partial charge >= 0.3 is 0 Å². The van der Waals surface area contributed by atoms with Gasteiger partial charge in [0.15, 0.2) is 11.5 Å². The van der Waals surface area contributed by atoms with Crippen molar-refractivity contribution in [2.75, 3.05) is 26.3 Å². The molecule has 0 N–H and O–H groups in total. The third kappa shape index (κ3) is 4.00. The van der Waals surface area contributed by atoms with E-state index in [9.17, 15) is 8.42 Å². The summed E-state index contributed by atoms with van der Waals surface area (Å²) in [6, 6.07) is 11.9. The van der Waals surface area contributed by atoms with Crippen LogP contribution in [-0.4, -0.2) is 49.2 Å². The first kappa shape index (κ1) is 20.3. The first-order valence-electron chi connectivity index (χ1n) is 10.00. The lowest BCUT2D eigenvalue weighted by atomic mass is 10.00. The Balaban J connectivity index is 1.36. The van der Waals surface area contributed by atoms with Crippen molar-refractivity contribution in [1.29, 1.82) is 0 Å². The molecule has 1 atom stereocenters. The molecule has 0 saturated carbocycles. The van der Waals surface area contributed by atoms with Crippen LogP contribution in [0.25, 0.3) is 11.4 Å². The fraction of sp³-hybridized carbons (Fsp3) is 0.333. The minimum atomic E-state index is -3.69. The van der Waals surface area contributed by atoms with Gasteiger partial charge in [0, 0.05) is 29.7 Å². The number of fused-ring (bicyclic) bond motifs is 1. The molecule has 10 heteroatoms. The highest BCUT2D eigenvalue weighted by Crippen LogP contribution is 2.35. The molecule has 3 aromatic rings. The Morgan fingerprint density at radius 2 is 1.81 bits per heavy atom. The van der Waals surface area contributed by atoms with E-state index < -0.39 is 10.0 Å². The molecule has 3 heterocycles. The molecule has 0 aliphatic carbocycles. The summed E-state index contributed by atoms with van der Waals surface area (Å²) in [5.41, 5.74) is 0.788. The summed E-state index contributed by atoms with van der Waals surface area (Å²) in [6.45, 7) is 1.56. The summed E-state index contributed by atoms with van der Waals surface area (Å²) in [6.07, 6.45) is 1.47.